The molecule has 21 heavy (non-hydrogen) atoms. The Morgan fingerprint density at radius 2 is 2.14 bits per heavy atom. The summed E-state index contributed by atoms with van der Waals surface area (Å²) < 4.78 is 0. The lowest BCUT2D eigenvalue weighted by molar-refractivity contribution is 0.336. The molecule has 0 aromatic carbocycles. The first-order chi connectivity index (χ1) is 9.97. The number of hydrogen-bond acceptors (Lipinski definition) is 3. The zero-order valence-corrected chi connectivity index (χ0v) is 14.3. The summed E-state index contributed by atoms with van der Waals surface area (Å²) >= 11 is 0. The van der Waals surface area contributed by atoms with Crippen molar-refractivity contribution < 1.29 is 0 Å². The van der Waals surface area contributed by atoms with E-state index in [0.29, 0.717) is 12.1 Å². The second-order valence-electron chi connectivity index (χ2n) is 7.03. The van der Waals surface area contributed by atoms with Crippen molar-refractivity contribution in [3.05, 3.63) is 23.5 Å². The smallest absolute Gasteiger partial charge is 0.0445 e. The molecule has 1 fully saturated rings. The van der Waals surface area contributed by atoms with E-state index in [1.807, 2.05) is 6.20 Å². The third-order valence-electron chi connectivity index (χ3n) is 4.64. The average Bonchev–Trinajstić information content (AvgIpc) is 2.45. The highest BCUT2D eigenvalue weighted by Crippen LogP contribution is 2.31. The number of aryl methyl sites for hydroxylation is 1. The maximum atomic E-state index is 4.49. The fraction of sp³-hybridized carbons (Fsp3) is 0.722. The Hall–Kier alpha value is -1.09. The molecule has 2 unspecified atom stereocenters. The molecule has 1 N–H and O–H groups in total. The molecule has 2 rings (SSSR count). The van der Waals surface area contributed by atoms with Crippen LogP contribution >= 0.6 is 0 Å². The summed E-state index contributed by atoms with van der Waals surface area (Å²) in [6.45, 7) is 9.74. The van der Waals surface area contributed by atoms with Crippen molar-refractivity contribution in [2.75, 3.05) is 11.9 Å². The van der Waals surface area contributed by atoms with E-state index in [-0.39, 0.29) is 0 Å². The number of anilines is 1. The van der Waals surface area contributed by atoms with Gasteiger partial charge in [-0.25, -0.2) is 0 Å². The lowest BCUT2D eigenvalue weighted by Gasteiger charge is -2.36. The van der Waals surface area contributed by atoms with Crippen LogP contribution in [0.4, 0.5) is 5.69 Å². The van der Waals surface area contributed by atoms with Crippen LogP contribution in [-0.2, 0) is 6.54 Å². The van der Waals surface area contributed by atoms with Crippen LogP contribution in [0.15, 0.2) is 12.3 Å². The fourth-order valence-corrected chi connectivity index (χ4v) is 3.30. The molecule has 1 aliphatic carbocycles. The predicted octanol–water partition coefficient (Wildman–Crippen LogP) is 3.90. The van der Waals surface area contributed by atoms with Gasteiger partial charge in [0.2, 0.25) is 0 Å². The van der Waals surface area contributed by atoms with E-state index in [1.54, 1.807) is 0 Å². The van der Waals surface area contributed by atoms with Gasteiger partial charge in [0.05, 0.1) is 0 Å². The Morgan fingerprint density at radius 1 is 1.38 bits per heavy atom. The van der Waals surface area contributed by atoms with E-state index >= 15 is 0 Å². The highest BCUT2D eigenvalue weighted by molar-refractivity contribution is 5.54. The van der Waals surface area contributed by atoms with Gasteiger partial charge in [0.25, 0.3) is 0 Å². The third kappa shape index (κ3) is 4.44. The predicted molar refractivity (Wildman–Crippen MR) is 90.8 cm³/mol. The van der Waals surface area contributed by atoms with Crippen LogP contribution in [0.1, 0.15) is 57.7 Å². The Balaban J connectivity index is 2.17. The van der Waals surface area contributed by atoms with E-state index in [9.17, 15) is 0 Å². The molecule has 3 heteroatoms. The molecule has 3 nitrogen and oxygen atoms in total. The van der Waals surface area contributed by atoms with Gasteiger partial charge in [-0.3, -0.25) is 4.98 Å². The molecule has 1 aromatic heterocycles. The van der Waals surface area contributed by atoms with Gasteiger partial charge in [0.15, 0.2) is 0 Å². The molecule has 0 saturated heterocycles. The van der Waals surface area contributed by atoms with Gasteiger partial charge < -0.3 is 10.2 Å². The van der Waals surface area contributed by atoms with Gasteiger partial charge in [-0.1, -0.05) is 33.6 Å². The van der Waals surface area contributed by atoms with Crippen molar-refractivity contribution >= 4 is 5.69 Å². The molecule has 1 heterocycles. The second kappa shape index (κ2) is 7.26. The van der Waals surface area contributed by atoms with Crippen LogP contribution < -0.4 is 10.2 Å². The Bertz CT molecular complexity index is 456. The highest BCUT2D eigenvalue weighted by atomic mass is 15.1. The van der Waals surface area contributed by atoms with Crippen molar-refractivity contribution in [2.45, 2.75) is 72.0 Å². The van der Waals surface area contributed by atoms with Crippen LogP contribution in [0.3, 0.4) is 0 Å². The first-order valence-corrected chi connectivity index (χ1v) is 8.39. The fourth-order valence-electron chi connectivity index (χ4n) is 3.30. The SMILES string of the molecule is Cc1cc(N(C)C2CCCC(C)C2)c(CNC(C)C)cn1. The molecular formula is C18H31N3. The number of nitrogens with zero attached hydrogens (tertiary/aromatic N) is 2. The minimum Gasteiger partial charge on any atom is -0.371 e. The first-order valence-electron chi connectivity index (χ1n) is 8.39. The van der Waals surface area contributed by atoms with E-state index < -0.39 is 0 Å². The molecule has 2 atom stereocenters. The lowest BCUT2D eigenvalue weighted by Crippen LogP contribution is -2.36. The summed E-state index contributed by atoms with van der Waals surface area (Å²) in [5.74, 6) is 0.853. The van der Waals surface area contributed by atoms with Gasteiger partial charge >= 0.3 is 0 Å². The highest BCUT2D eigenvalue weighted by Gasteiger charge is 2.24. The monoisotopic (exact) mass is 289 g/mol. The van der Waals surface area contributed by atoms with Crippen LogP contribution in [0, 0.1) is 12.8 Å². The molecular weight excluding hydrogens is 258 g/mol. The first kappa shape index (κ1) is 16.3. The Morgan fingerprint density at radius 3 is 2.81 bits per heavy atom. The number of nitrogens with one attached hydrogen (secondary N) is 1. The number of pyridine rings is 1. The molecule has 118 valence electrons. The normalized spacial score (nSPS) is 22.6. The molecule has 1 aromatic rings. The summed E-state index contributed by atoms with van der Waals surface area (Å²) in [6.07, 6.45) is 7.43. The van der Waals surface area contributed by atoms with Crippen LogP contribution in [0.5, 0.6) is 0 Å². The minimum atomic E-state index is 0.499. The molecule has 1 aliphatic rings. The van der Waals surface area contributed by atoms with Crippen LogP contribution in [0.2, 0.25) is 0 Å². The summed E-state index contributed by atoms with van der Waals surface area (Å²) in [6, 6.07) is 3.42. The van der Waals surface area contributed by atoms with Crippen molar-refractivity contribution in [1.29, 1.82) is 0 Å². The third-order valence-corrected chi connectivity index (χ3v) is 4.64. The molecule has 0 bridgehead atoms. The van der Waals surface area contributed by atoms with Crippen molar-refractivity contribution in [3.63, 3.8) is 0 Å². The largest absolute Gasteiger partial charge is 0.371 e. The van der Waals surface area contributed by atoms with Crippen molar-refractivity contribution in [2.24, 2.45) is 5.92 Å². The van der Waals surface area contributed by atoms with Crippen LogP contribution in [-0.4, -0.2) is 24.1 Å². The number of hydrogen-bond donors (Lipinski definition) is 1. The van der Waals surface area contributed by atoms with Crippen molar-refractivity contribution in [3.8, 4) is 0 Å². The number of rotatable bonds is 5. The molecule has 1 saturated carbocycles. The summed E-state index contributed by atoms with van der Waals surface area (Å²) in [7, 11) is 2.26. The Kier molecular flexibility index (Phi) is 5.63. The molecule has 0 radical (unpaired) electrons. The molecule has 0 aliphatic heterocycles. The van der Waals surface area contributed by atoms with Gasteiger partial charge in [-0.2, -0.15) is 0 Å². The summed E-state index contributed by atoms with van der Waals surface area (Å²) in [5.41, 5.74) is 3.78. The summed E-state index contributed by atoms with van der Waals surface area (Å²) in [4.78, 5) is 7.00. The zero-order chi connectivity index (χ0) is 15.4. The van der Waals surface area contributed by atoms with Crippen molar-refractivity contribution in [1.82, 2.24) is 10.3 Å². The van der Waals surface area contributed by atoms with Gasteiger partial charge in [-0.15, -0.1) is 0 Å². The quantitative estimate of drug-likeness (QED) is 0.891. The maximum Gasteiger partial charge on any atom is 0.0445 e. The maximum absolute atomic E-state index is 4.49. The average molecular weight is 289 g/mol. The minimum absolute atomic E-state index is 0.499. The van der Waals surface area contributed by atoms with E-state index in [4.69, 9.17) is 0 Å². The van der Waals surface area contributed by atoms with E-state index in [2.05, 4.69) is 56.0 Å². The van der Waals surface area contributed by atoms with Crippen LogP contribution in [0.25, 0.3) is 0 Å². The number of aromatic nitrogens is 1. The molecule has 0 amide bonds. The van der Waals surface area contributed by atoms with Gasteiger partial charge in [-0.05, 0) is 31.7 Å². The lowest BCUT2D eigenvalue weighted by atomic mass is 9.86. The summed E-state index contributed by atoms with van der Waals surface area (Å²) in [5, 5.41) is 3.52. The second-order valence-corrected chi connectivity index (χ2v) is 7.03. The van der Waals surface area contributed by atoms with Gasteiger partial charge in [0, 0.05) is 48.8 Å². The topological polar surface area (TPSA) is 28.2 Å². The van der Waals surface area contributed by atoms with Gasteiger partial charge in [0.1, 0.15) is 0 Å². The van der Waals surface area contributed by atoms with E-state index in [0.717, 1.165) is 18.2 Å². The van der Waals surface area contributed by atoms with E-state index in [1.165, 1.54) is 36.9 Å². The standard InChI is InChI=1S/C18H31N3/c1-13(2)19-11-16-12-20-15(4)10-18(16)21(5)17-8-6-7-14(3)9-17/h10,12-14,17,19H,6-9,11H2,1-5H3. The molecule has 0 spiro atoms. The zero-order valence-electron chi connectivity index (χ0n) is 14.3. The Labute approximate surface area is 130 Å².